The molecule has 0 saturated heterocycles. The molecule has 3 aromatic carbocycles. The van der Waals surface area contributed by atoms with Gasteiger partial charge in [-0.25, -0.2) is 13.8 Å². The number of nitrogens with one attached hydrogen (secondary N) is 1. The number of anilines is 1. The highest BCUT2D eigenvalue weighted by Crippen LogP contribution is 2.38. The maximum absolute atomic E-state index is 13.5. The molecular formula is C27H22F2N4O2S. The van der Waals surface area contributed by atoms with Crippen molar-refractivity contribution in [3.05, 3.63) is 101 Å². The molecule has 0 saturated carbocycles. The van der Waals surface area contributed by atoms with Crippen molar-refractivity contribution >= 4 is 40.1 Å². The predicted molar refractivity (Wildman–Crippen MR) is 137 cm³/mol. The van der Waals surface area contributed by atoms with Crippen LogP contribution in [0.1, 0.15) is 35.6 Å². The Labute approximate surface area is 211 Å². The Hall–Kier alpha value is -3.85. The van der Waals surface area contributed by atoms with Crippen molar-refractivity contribution in [2.45, 2.75) is 31.1 Å². The molecule has 0 bridgehead atoms. The molecule has 9 heteroatoms. The lowest BCUT2D eigenvalue weighted by molar-refractivity contribution is -0.121. The molecule has 2 atom stereocenters. The molecule has 1 N–H and O–H groups in total. The number of aliphatic imine (C=N–C) groups is 1. The molecule has 0 unspecified atom stereocenters. The van der Waals surface area contributed by atoms with Crippen molar-refractivity contribution in [1.29, 1.82) is 0 Å². The van der Waals surface area contributed by atoms with E-state index in [1.54, 1.807) is 5.01 Å². The molecule has 2 aliphatic heterocycles. The van der Waals surface area contributed by atoms with E-state index in [4.69, 9.17) is 5.10 Å². The van der Waals surface area contributed by atoms with Gasteiger partial charge in [0.2, 0.25) is 5.91 Å². The maximum Gasteiger partial charge on any atom is 0.262 e. The van der Waals surface area contributed by atoms with Gasteiger partial charge in [-0.05, 0) is 30.2 Å². The normalized spacial score (nSPS) is 19.3. The van der Waals surface area contributed by atoms with E-state index in [2.05, 4.69) is 10.3 Å². The van der Waals surface area contributed by atoms with Gasteiger partial charge < -0.3 is 5.32 Å². The number of hydrazone groups is 1. The SMILES string of the molecule is Cc1ccc([C@H]2CC(c3ccccc3)=NN2C2=NC(=O)[C@@H](CC(=O)Nc3ccc(F)c(F)c3)S2)cc1. The first-order valence-electron chi connectivity index (χ1n) is 11.4. The van der Waals surface area contributed by atoms with E-state index < -0.39 is 28.7 Å². The van der Waals surface area contributed by atoms with Crippen LogP contribution in [0.4, 0.5) is 14.5 Å². The number of rotatable bonds is 5. The second-order valence-corrected chi connectivity index (χ2v) is 9.78. The van der Waals surface area contributed by atoms with Gasteiger partial charge >= 0.3 is 0 Å². The number of aryl methyl sites for hydroxylation is 1. The van der Waals surface area contributed by atoms with Crippen molar-refractivity contribution in [3.8, 4) is 0 Å². The van der Waals surface area contributed by atoms with Crippen LogP contribution in [0.2, 0.25) is 0 Å². The number of halogens is 2. The number of hydrogen-bond donors (Lipinski definition) is 1. The summed E-state index contributed by atoms with van der Waals surface area (Å²) in [5.41, 5.74) is 4.19. The molecule has 2 aliphatic rings. The van der Waals surface area contributed by atoms with E-state index in [1.807, 2.05) is 61.5 Å². The van der Waals surface area contributed by atoms with E-state index in [1.165, 1.54) is 17.8 Å². The van der Waals surface area contributed by atoms with Crippen molar-refractivity contribution in [2.24, 2.45) is 10.1 Å². The Balaban J connectivity index is 1.33. The zero-order valence-electron chi connectivity index (χ0n) is 19.3. The predicted octanol–water partition coefficient (Wildman–Crippen LogP) is 5.45. The summed E-state index contributed by atoms with van der Waals surface area (Å²) >= 11 is 1.18. The highest BCUT2D eigenvalue weighted by molar-refractivity contribution is 8.15. The first-order chi connectivity index (χ1) is 17.4. The average Bonchev–Trinajstić information content (AvgIpc) is 3.46. The Kier molecular flexibility index (Phi) is 6.65. The van der Waals surface area contributed by atoms with Gasteiger partial charge in [0.15, 0.2) is 16.8 Å². The van der Waals surface area contributed by atoms with Gasteiger partial charge in [-0.15, -0.1) is 0 Å². The molecule has 2 amide bonds. The molecule has 182 valence electrons. The monoisotopic (exact) mass is 504 g/mol. The fourth-order valence-corrected chi connectivity index (χ4v) is 5.16. The molecule has 6 nitrogen and oxygen atoms in total. The fourth-order valence-electron chi connectivity index (χ4n) is 4.10. The van der Waals surface area contributed by atoms with Crippen LogP contribution in [0.25, 0.3) is 0 Å². The summed E-state index contributed by atoms with van der Waals surface area (Å²) in [6.07, 6.45) is 0.482. The molecule has 36 heavy (non-hydrogen) atoms. The van der Waals surface area contributed by atoms with Gasteiger partial charge in [0.1, 0.15) is 5.25 Å². The lowest BCUT2D eigenvalue weighted by Gasteiger charge is -2.23. The zero-order chi connectivity index (χ0) is 25.2. The lowest BCUT2D eigenvalue weighted by Crippen LogP contribution is -2.25. The van der Waals surface area contributed by atoms with Crippen molar-refractivity contribution < 1.29 is 18.4 Å². The largest absolute Gasteiger partial charge is 0.326 e. The molecule has 5 rings (SSSR count). The third kappa shape index (κ3) is 5.06. The minimum atomic E-state index is -1.06. The lowest BCUT2D eigenvalue weighted by atomic mass is 9.98. The average molecular weight is 505 g/mol. The first kappa shape index (κ1) is 23.9. The van der Waals surface area contributed by atoms with Crippen molar-refractivity contribution in [3.63, 3.8) is 0 Å². The highest BCUT2D eigenvalue weighted by atomic mass is 32.2. The van der Waals surface area contributed by atoms with Crippen LogP contribution in [0.15, 0.2) is 82.9 Å². The Bertz CT molecular complexity index is 1380. The summed E-state index contributed by atoms with van der Waals surface area (Å²) in [5, 5.41) is 8.79. The summed E-state index contributed by atoms with van der Waals surface area (Å²) < 4.78 is 26.6. The minimum absolute atomic E-state index is 0.117. The van der Waals surface area contributed by atoms with E-state index in [9.17, 15) is 18.4 Å². The van der Waals surface area contributed by atoms with Crippen LogP contribution in [0.5, 0.6) is 0 Å². The number of amidine groups is 1. The number of carbonyl (C=O) groups excluding carboxylic acids is 2. The van der Waals surface area contributed by atoms with Crippen molar-refractivity contribution in [1.82, 2.24) is 5.01 Å². The Morgan fingerprint density at radius 2 is 1.81 bits per heavy atom. The highest BCUT2D eigenvalue weighted by Gasteiger charge is 2.39. The van der Waals surface area contributed by atoms with Gasteiger partial charge in [0, 0.05) is 24.6 Å². The maximum atomic E-state index is 13.5. The second kappa shape index (κ2) is 10.0. The summed E-state index contributed by atoms with van der Waals surface area (Å²) in [5.74, 6) is -2.99. The number of hydrogen-bond acceptors (Lipinski definition) is 5. The summed E-state index contributed by atoms with van der Waals surface area (Å²) in [6.45, 7) is 2.02. The van der Waals surface area contributed by atoms with Crippen LogP contribution >= 0.6 is 11.8 Å². The fraction of sp³-hybridized carbons (Fsp3) is 0.185. The van der Waals surface area contributed by atoms with Gasteiger partial charge in [-0.3, -0.25) is 9.59 Å². The van der Waals surface area contributed by atoms with Gasteiger partial charge in [-0.1, -0.05) is 71.9 Å². The zero-order valence-corrected chi connectivity index (χ0v) is 20.1. The first-order valence-corrected chi connectivity index (χ1v) is 12.3. The second-order valence-electron chi connectivity index (χ2n) is 8.61. The van der Waals surface area contributed by atoms with E-state index in [0.717, 1.165) is 34.5 Å². The van der Waals surface area contributed by atoms with Crippen LogP contribution in [-0.2, 0) is 9.59 Å². The molecule has 2 heterocycles. The third-order valence-corrected chi connectivity index (χ3v) is 7.12. The molecule has 3 aromatic rings. The van der Waals surface area contributed by atoms with Crippen molar-refractivity contribution in [2.75, 3.05) is 5.32 Å². The topological polar surface area (TPSA) is 74.1 Å². The number of thioether (sulfide) groups is 1. The summed E-state index contributed by atoms with van der Waals surface area (Å²) in [7, 11) is 0. The van der Waals surface area contributed by atoms with E-state index in [-0.39, 0.29) is 18.2 Å². The van der Waals surface area contributed by atoms with E-state index >= 15 is 0 Å². The van der Waals surface area contributed by atoms with E-state index in [0.29, 0.717) is 11.6 Å². The number of carbonyl (C=O) groups is 2. The number of amides is 2. The molecule has 0 fully saturated rings. The van der Waals surface area contributed by atoms with Gasteiger partial charge in [0.05, 0.1) is 11.8 Å². The van der Waals surface area contributed by atoms with Crippen LogP contribution < -0.4 is 5.32 Å². The Morgan fingerprint density at radius 3 is 2.53 bits per heavy atom. The Morgan fingerprint density at radius 1 is 1.06 bits per heavy atom. The molecule has 0 spiro atoms. The van der Waals surface area contributed by atoms with Crippen LogP contribution in [0.3, 0.4) is 0 Å². The minimum Gasteiger partial charge on any atom is -0.326 e. The number of nitrogens with zero attached hydrogens (tertiary/aromatic N) is 3. The third-order valence-electron chi connectivity index (χ3n) is 5.98. The van der Waals surface area contributed by atoms with Gasteiger partial charge in [0.25, 0.3) is 5.91 Å². The molecule has 0 radical (unpaired) electrons. The summed E-state index contributed by atoms with van der Waals surface area (Å²) in [6, 6.07) is 21.0. The van der Waals surface area contributed by atoms with Crippen LogP contribution in [-0.4, -0.2) is 33.0 Å². The standard InChI is InChI=1S/C27H22F2N4O2S/c1-16-7-9-18(10-8-16)23-14-22(17-5-3-2-4-6-17)32-33(23)27-31-26(35)24(36-27)15-25(34)30-19-11-12-20(28)21(29)13-19/h2-13,23-24H,14-15H2,1H3,(H,30,34)/t23-,24-/m1/s1. The van der Waals surface area contributed by atoms with Crippen LogP contribution in [0, 0.1) is 18.6 Å². The summed E-state index contributed by atoms with van der Waals surface area (Å²) in [4.78, 5) is 29.4. The molecule has 0 aromatic heterocycles. The quantitative estimate of drug-likeness (QED) is 0.501. The number of benzene rings is 3. The van der Waals surface area contributed by atoms with Gasteiger partial charge in [-0.2, -0.15) is 10.1 Å². The molecule has 0 aliphatic carbocycles. The smallest absolute Gasteiger partial charge is 0.262 e. The molecular weight excluding hydrogens is 482 g/mol.